The Morgan fingerprint density at radius 3 is 2.67 bits per heavy atom. The average molecular weight is 312 g/mol. The van der Waals surface area contributed by atoms with E-state index in [0.717, 1.165) is 24.0 Å². The van der Waals surface area contributed by atoms with Crippen LogP contribution in [0.25, 0.3) is 0 Å². The van der Waals surface area contributed by atoms with Gasteiger partial charge in [-0.15, -0.1) is 11.6 Å². The van der Waals surface area contributed by atoms with E-state index in [1.54, 1.807) is 6.33 Å². The minimum atomic E-state index is 0.240. The van der Waals surface area contributed by atoms with Crippen LogP contribution in [0.3, 0.4) is 0 Å². The quantitative estimate of drug-likeness (QED) is 0.663. The van der Waals surface area contributed by atoms with Crippen molar-refractivity contribution in [3.63, 3.8) is 0 Å². The van der Waals surface area contributed by atoms with Crippen LogP contribution in [0.4, 0.5) is 0 Å². The van der Waals surface area contributed by atoms with Crippen LogP contribution in [0.2, 0.25) is 0 Å². The summed E-state index contributed by atoms with van der Waals surface area (Å²) in [4.78, 5) is 4.49. The largest absolute Gasteiger partial charge is 0.248 e. The number of unbranched alkanes of at least 4 members (excludes halogenated alkanes) is 1. The Labute approximate surface area is 134 Å². The van der Waals surface area contributed by atoms with E-state index in [0.29, 0.717) is 6.04 Å². The Kier molecular flexibility index (Phi) is 6.09. The van der Waals surface area contributed by atoms with Gasteiger partial charge in [0.2, 0.25) is 0 Å². The topological polar surface area (TPSA) is 30.7 Å². The molecule has 21 heavy (non-hydrogen) atoms. The molecule has 0 N–H and O–H groups in total. The van der Waals surface area contributed by atoms with Gasteiger partial charge in [-0.2, -0.15) is 5.10 Å². The summed E-state index contributed by atoms with van der Waals surface area (Å²) in [7, 11) is 0. The molecule has 0 spiro atoms. The third-order valence-electron chi connectivity index (χ3n) is 5.08. The summed E-state index contributed by atoms with van der Waals surface area (Å²) in [6.07, 6.45) is 11.9. The molecule has 0 atom stereocenters. The molecule has 2 rings (SSSR count). The van der Waals surface area contributed by atoms with Crippen LogP contribution < -0.4 is 0 Å². The molecule has 1 aromatic heterocycles. The molecule has 1 aliphatic rings. The van der Waals surface area contributed by atoms with Crippen molar-refractivity contribution in [3.05, 3.63) is 12.2 Å². The van der Waals surface area contributed by atoms with E-state index >= 15 is 0 Å². The first-order valence-electron chi connectivity index (χ1n) is 8.54. The van der Waals surface area contributed by atoms with Gasteiger partial charge in [-0.3, -0.25) is 0 Å². The lowest BCUT2D eigenvalue weighted by Gasteiger charge is -2.39. The number of hydrogen-bond acceptors (Lipinski definition) is 2. The normalized spacial score (nSPS) is 26.4. The number of alkyl halides is 1. The number of halogens is 1. The zero-order chi connectivity index (χ0) is 15.3. The van der Waals surface area contributed by atoms with Crippen molar-refractivity contribution in [2.75, 3.05) is 5.88 Å². The fourth-order valence-corrected chi connectivity index (χ4v) is 3.96. The lowest BCUT2D eigenvalue weighted by molar-refractivity contribution is 0.161. The molecular weight excluding hydrogens is 282 g/mol. The number of nitrogens with zero attached hydrogens (tertiary/aromatic N) is 3. The molecular formula is C17H30ClN3. The number of aromatic nitrogens is 3. The minimum absolute atomic E-state index is 0.240. The van der Waals surface area contributed by atoms with Crippen molar-refractivity contribution in [3.8, 4) is 0 Å². The molecule has 3 nitrogen and oxygen atoms in total. The van der Waals surface area contributed by atoms with Gasteiger partial charge in [-0.25, -0.2) is 9.67 Å². The predicted molar refractivity (Wildman–Crippen MR) is 88.7 cm³/mol. The van der Waals surface area contributed by atoms with E-state index in [2.05, 4.69) is 35.5 Å². The summed E-state index contributed by atoms with van der Waals surface area (Å²) in [5.74, 6) is 2.78. The lowest BCUT2D eigenvalue weighted by Crippen LogP contribution is -2.33. The van der Waals surface area contributed by atoms with Gasteiger partial charge in [-0.1, -0.05) is 26.2 Å². The number of rotatable bonds is 7. The van der Waals surface area contributed by atoms with Gasteiger partial charge in [0, 0.05) is 18.3 Å². The molecule has 1 fully saturated rings. The van der Waals surface area contributed by atoms with Gasteiger partial charge < -0.3 is 0 Å². The minimum Gasteiger partial charge on any atom is -0.248 e. The zero-order valence-corrected chi connectivity index (χ0v) is 14.6. The molecule has 120 valence electrons. The molecule has 4 heteroatoms. The van der Waals surface area contributed by atoms with E-state index in [1.165, 1.54) is 44.9 Å². The summed E-state index contributed by atoms with van der Waals surface area (Å²) in [5.41, 5.74) is 0.240. The van der Waals surface area contributed by atoms with Crippen molar-refractivity contribution in [1.82, 2.24) is 14.8 Å². The Bertz CT molecular complexity index is 419. The van der Waals surface area contributed by atoms with Crippen molar-refractivity contribution < 1.29 is 0 Å². The van der Waals surface area contributed by atoms with E-state index < -0.39 is 0 Å². The van der Waals surface area contributed by atoms with Crippen LogP contribution in [-0.4, -0.2) is 20.6 Å². The Hall–Kier alpha value is -0.570. The Balaban J connectivity index is 1.98. The lowest BCUT2D eigenvalue weighted by atomic mass is 9.68. The van der Waals surface area contributed by atoms with E-state index in [9.17, 15) is 0 Å². The average Bonchev–Trinajstić information content (AvgIpc) is 2.95. The molecule has 0 amide bonds. The molecule has 1 heterocycles. The molecule has 0 saturated heterocycles. The van der Waals surface area contributed by atoms with E-state index in [4.69, 9.17) is 11.6 Å². The Morgan fingerprint density at radius 2 is 2.10 bits per heavy atom. The van der Waals surface area contributed by atoms with Gasteiger partial charge in [-0.05, 0) is 50.9 Å². The fraction of sp³-hybridized carbons (Fsp3) is 0.882. The highest BCUT2D eigenvalue weighted by molar-refractivity contribution is 6.18. The van der Waals surface area contributed by atoms with Crippen LogP contribution in [0.5, 0.6) is 0 Å². The van der Waals surface area contributed by atoms with Crippen molar-refractivity contribution >= 4 is 11.6 Å². The van der Waals surface area contributed by atoms with Crippen LogP contribution in [0.15, 0.2) is 6.33 Å². The van der Waals surface area contributed by atoms with Crippen molar-refractivity contribution in [2.45, 2.75) is 78.2 Å². The van der Waals surface area contributed by atoms with Gasteiger partial charge in [0.1, 0.15) is 12.2 Å². The summed E-state index contributed by atoms with van der Waals surface area (Å²) in [6.45, 7) is 6.60. The molecule has 0 aromatic carbocycles. The fourth-order valence-electron chi connectivity index (χ4n) is 3.60. The monoisotopic (exact) mass is 311 g/mol. The maximum Gasteiger partial charge on any atom is 0.138 e. The van der Waals surface area contributed by atoms with Gasteiger partial charge in [0.25, 0.3) is 0 Å². The van der Waals surface area contributed by atoms with Crippen LogP contribution in [-0.2, 0) is 6.42 Å². The molecule has 0 aliphatic heterocycles. The zero-order valence-electron chi connectivity index (χ0n) is 13.8. The van der Waals surface area contributed by atoms with Gasteiger partial charge in [0.15, 0.2) is 0 Å². The van der Waals surface area contributed by atoms with Gasteiger partial charge >= 0.3 is 0 Å². The second-order valence-corrected chi connectivity index (χ2v) is 7.38. The SMILES string of the molecule is CCCCC1CCC(CCl)(Cc2ncnn2C(C)C)CC1. The predicted octanol–water partition coefficient (Wildman–Crippen LogP) is 5.01. The molecule has 0 radical (unpaired) electrons. The standard InChI is InChI=1S/C17H30ClN3/c1-4-5-6-15-7-9-17(12-18,10-8-15)11-16-19-13-20-21(16)14(2)3/h13-15H,4-12H2,1-3H3. The van der Waals surface area contributed by atoms with E-state index in [1.807, 2.05) is 0 Å². The highest BCUT2D eigenvalue weighted by atomic mass is 35.5. The van der Waals surface area contributed by atoms with Crippen LogP contribution in [0, 0.1) is 11.3 Å². The second kappa shape index (κ2) is 7.62. The molecule has 1 aromatic rings. The summed E-state index contributed by atoms with van der Waals surface area (Å²) in [6, 6.07) is 0.371. The highest BCUT2D eigenvalue weighted by Crippen LogP contribution is 2.43. The molecule has 0 unspecified atom stereocenters. The molecule has 1 aliphatic carbocycles. The first kappa shape index (κ1) is 16.8. The molecule has 1 saturated carbocycles. The highest BCUT2D eigenvalue weighted by Gasteiger charge is 2.36. The van der Waals surface area contributed by atoms with E-state index in [-0.39, 0.29) is 5.41 Å². The van der Waals surface area contributed by atoms with Crippen molar-refractivity contribution in [1.29, 1.82) is 0 Å². The maximum atomic E-state index is 6.38. The van der Waals surface area contributed by atoms with Crippen LogP contribution >= 0.6 is 11.6 Å². The Morgan fingerprint density at radius 1 is 1.38 bits per heavy atom. The first-order valence-corrected chi connectivity index (χ1v) is 9.08. The summed E-state index contributed by atoms with van der Waals surface area (Å²) < 4.78 is 2.05. The summed E-state index contributed by atoms with van der Waals surface area (Å²) >= 11 is 6.38. The molecule has 0 bridgehead atoms. The summed E-state index contributed by atoms with van der Waals surface area (Å²) in [5, 5.41) is 4.36. The maximum absolute atomic E-state index is 6.38. The number of hydrogen-bond donors (Lipinski definition) is 0. The third-order valence-corrected chi connectivity index (χ3v) is 5.65. The van der Waals surface area contributed by atoms with Crippen molar-refractivity contribution in [2.24, 2.45) is 11.3 Å². The first-order chi connectivity index (χ1) is 10.1. The second-order valence-electron chi connectivity index (χ2n) is 7.11. The van der Waals surface area contributed by atoms with Crippen LogP contribution in [0.1, 0.15) is 77.6 Å². The van der Waals surface area contributed by atoms with Gasteiger partial charge in [0.05, 0.1) is 0 Å². The smallest absolute Gasteiger partial charge is 0.138 e. The third kappa shape index (κ3) is 4.21.